The van der Waals surface area contributed by atoms with E-state index >= 15 is 0 Å². The zero-order chi connectivity index (χ0) is 13.8. The number of nitrogen functional groups attached to an aromatic ring is 1. The van der Waals surface area contributed by atoms with E-state index in [2.05, 4.69) is 5.32 Å². The Bertz CT molecular complexity index is 427. The summed E-state index contributed by atoms with van der Waals surface area (Å²) in [7, 11) is 0. The minimum Gasteiger partial charge on any atom is -0.399 e. The van der Waals surface area contributed by atoms with Crippen LogP contribution in [0.15, 0.2) is 18.2 Å². The van der Waals surface area contributed by atoms with E-state index in [4.69, 9.17) is 32.7 Å². The lowest BCUT2D eigenvalue weighted by Crippen LogP contribution is -2.57. The molecule has 100 valence electrons. The number of nitrogens with two attached hydrogens (primary N) is 1. The summed E-state index contributed by atoms with van der Waals surface area (Å²) >= 11 is 5.85. The van der Waals surface area contributed by atoms with Gasteiger partial charge in [-0.25, -0.2) is 0 Å². The first kappa shape index (κ1) is 14.7. The van der Waals surface area contributed by atoms with Crippen molar-refractivity contribution < 1.29 is 20.1 Å². The first-order chi connectivity index (χ1) is 8.48. The van der Waals surface area contributed by atoms with Crippen LogP contribution in [0.5, 0.6) is 0 Å². The highest BCUT2D eigenvalue weighted by molar-refractivity contribution is 6.34. The Morgan fingerprint density at radius 1 is 1.28 bits per heavy atom. The number of hydrogen-bond acceptors (Lipinski definition) is 5. The lowest BCUT2D eigenvalue weighted by Gasteiger charge is -2.28. The molecule has 0 radical (unpaired) electrons. The summed E-state index contributed by atoms with van der Waals surface area (Å²) in [6.07, 6.45) is 0. The van der Waals surface area contributed by atoms with Gasteiger partial charge < -0.3 is 26.4 Å². The monoisotopic (exact) mass is 274 g/mol. The second-order valence-electron chi connectivity index (χ2n) is 3.95. The maximum Gasteiger partial charge on any atom is 0.253 e. The van der Waals surface area contributed by atoms with Crippen LogP contribution in [0.3, 0.4) is 0 Å². The number of anilines is 1. The highest BCUT2D eigenvalue weighted by atomic mass is 35.5. The molecule has 1 aromatic rings. The average Bonchev–Trinajstić information content (AvgIpc) is 2.36. The van der Waals surface area contributed by atoms with Gasteiger partial charge in [-0.3, -0.25) is 4.79 Å². The zero-order valence-electron chi connectivity index (χ0n) is 9.56. The van der Waals surface area contributed by atoms with E-state index in [-0.39, 0.29) is 10.6 Å². The smallest absolute Gasteiger partial charge is 0.253 e. The maximum absolute atomic E-state index is 11.9. The Morgan fingerprint density at radius 3 is 2.28 bits per heavy atom. The summed E-state index contributed by atoms with van der Waals surface area (Å²) in [5, 5.41) is 29.8. The van der Waals surface area contributed by atoms with Crippen molar-refractivity contribution in [1.82, 2.24) is 5.32 Å². The lowest BCUT2D eigenvalue weighted by atomic mass is 10.0. The summed E-state index contributed by atoms with van der Waals surface area (Å²) in [5.41, 5.74) is 4.57. The normalized spacial score (nSPS) is 11.3. The molecule has 0 aliphatic carbocycles. The SMILES string of the molecule is Nc1ccc(C(=O)NC(CO)(CO)CO)c(Cl)c1. The number of amides is 1. The molecule has 1 rings (SSSR count). The van der Waals surface area contributed by atoms with E-state index in [1.165, 1.54) is 18.2 Å². The van der Waals surface area contributed by atoms with Crippen molar-refractivity contribution in [2.24, 2.45) is 0 Å². The van der Waals surface area contributed by atoms with Crippen LogP contribution >= 0.6 is 11.6 Å². The van der Waals surface area contributed by atoms with Gasteiger partial charge in [0, 0.05) is 5.69 Å². The van der Waals surface area contributed by atoms with Crippen LogP contribution in [0.1, 0.15) is 10.4 Å². The van der Waals surface area contributed by atoms with Gasteiger partial charge in [0.2, 0.25) is 0 Å². The van der Waals surface area contributed by atoms with Gasteiger partial charge in [-0.2, -0.15) is 0 Å². The molecule has 1 aromatic carbocycles. The predicted molar refractivity (Wildman–Crippen MR) is 67.3 cm³/mol. The third kappa shape index (κ3) is 3.11. The van der Waals surface area contributed by atoms with Crippen LogP contribution in [0.25, 0.3) is 0 Å². The van der Waals surface area contributed by atoms with Gasteiger partial charge in [0.1, 0.15) is 5.54 Å². The summed E-state index contributed by atoms with van der Waals surface area (Å²) < 4.78 is 0. The van der Waals surface area contributed by atoms with Gasteiger partial charge >= 0.3 is 0 Å². The Hall–Kier alpha value is -1.34. The number of aliphatic hydroxyl groups is 3. The number of benzene rings is 1. The number of rotatable bonds is 5. The largest absolute Gasteiger partial charge is 0.399 e. The number of hydrogen-bond donors (Lipinski definition) is 5. The molecule has 0 fully saturated rings. The molecular weight excluding hydrogens is 260 g/mol. The van der Waals surface area contributed by atoms with E-state index in [1.54, 1.807) is 0 Å². The van der Waals surface area contributed by atoms with Crippen LogP contribution < -0.4 is 11.1 Å². The first-order valence-corrected chi connectivity index (χ1v) is 5.56. The summed E-state index contributed by atoms with van der Waals surface area (Å²) in [6.45, 7) is -1.80. The number of carbonyl (C=O) groups excluding carboxylic acids is 1. The third-order valence-electron chi connectivity index (χ3n) is 2.52. The van der Waals surface area contributed by atoms with Gasteiger partial charge in [0.15, 0.2) is 0 Å². The van der Waals surface area contributed by atoms with Crippen molar-refractivity contribution in [2.45, 2.75) is 5.54 Å². The molecule has 18 heavy (non-hydrogen) atoms. The molecule has 0 saturated carbocycles. The van der Waals surface area contributed by atoms with E-state index < -0.39 is 31.3 Å². The van der Waals surface area contributed by atoms with Crippen molar-refractivity contribution >= 4 is 23.2 Å². The molecule has 0 aromatic heterocycles. The molecule has 1 amide bonds. The van der Waals surface area contributed by atoms with Crippen LogP contribution in [0.4, 0.5) is 5.69 Å². The molecular formula is C11H15ClN2O4. The topological polar surface area (TPSA) is 116 Å². The summed E-state index contributed by atoms with van der Waals surface area (Å²) in [5.74, 6) is -0.614. The van der Waals surface area contributed by atoms with Crippen molar-refractivity contribution in [3.8, 4) is 0 Å². The molecule has 0 bridgehead atoms. The first-order valence-electron chi connectivity index (χ1n) is 5.18. The number of halogens is 1. The van der Waals surface area contributed by atoms with Crippen LogP contribution in [-0.4, -0.2) is 46.6 Å². The van der Waals surface area contributed by atoms with Gasteiger partial charge in [-0.15, -0.1) is 0 Å². The van der Waals surface area contributed by atoms with E-state index in [0.717, 1.165) is 0 Å². The van der Waals surface area contributed by atoms with Gasteiger partial charge in [-0.1, -0.05) is 11.6 Å². The Kier molecular flexibility index (Phi) is 4.92. The predicted octanol–water partition coefficient (Wildman–Crippen LogP) is -0.632. The second kappa shape index (κ2) is 6.01. The highest BCUT2D eigenvalue weighted by Crippen LogP contribution is 2.19. The molecule has 0 heterocycles. The van der Waals surface area contributed by atoms with Crippen LogP contribution in [0.2, 0.25) is 5.02 Å². The minimum atomic E-state index is -1.48. The molecule has 0 aliphatic rings. The molecule has 0 aliphatic heterocycles. The van der Waals surface area contributed by atoms with Crippen molar-refractivity contribution in [3.63, 3.8) is 0 Å². The van der Waals surface area contributed by atoms with Gasteiger partial charge in [0.25, 0.3) is 5.91 Å². The second-order valence-corrected chi connectivity index (χ2v) is 4.36. The van der Waals surface area contributed by atoms with E-state index in [1.807, 2.05) is 0 Å². The van der Waals surface area contributed by atoms with Gasteiger partial charge in [0.05, 0.1) is 30.4 Å². The fourth-order valence-corrected chi connectivity index (χ4v) is 1.57. The maximum atomic E-state index is 11.9. The van der Waals surface area contributed by atoms with Crippen molar-refractivity contribution in [2.75, 3.05) is 25.6 Å². The molecule has 6 nitrogen and oxygen atoms in total. The minimum absolute atomic E-state index is 0.144. The van der Waals surface area contributed by atoms with E-state index in [9.17, 15) is 4.79 Å². The Morgan fingerprint density at radius 2 is 1.83 bits per heavy atom. The van der Waals surface area contributed by atoms with Crippen molar-refractivity contribution in [3.05, 3.63) is 28.8 Å². The molecule has 6 N–H and O–H groups in total. The highest BCUT2D eigenvalue weighted by Gasteiger charge is 2.30. The number of carbonyl (C=O) groups is 1. The molecule has 0 atom stereocenters. The lowest BCUT2D eigenvalue weighted by molar-refractivity contribution is 0.0375. The molecule has 0 spiro atoms. The molecule has 0 saturated heterocycles. The third-order valence-corrected chi connectivity index (χ3v) is 2.84. The van der Waals surface area contributed by atoms with Crippen LogP contribution in [-0.2, 0) is 0 Å². The zero-order valence-corrected chi connectivity index (χ0v) is 10.3. The van der Waals surface area contributed by atoms with Crippen molar-refractivity contribution in [1.29, 1.82) is 0 Å². The number of aliphatic hydroxyl groups excluding tert-OH is 3. The standard InChI is InChI=1S/C11H15ClN2O4/c12-9-3-7(13)1-2-8(9)10(18)14-11(4-15,5-16)6-17/h1-3,15-17H,4-6,13H2,(H,14,18). The quantitative estimate of drug-likeness (QED) is 0.459. The average molecular weight is 275 g/mol. The van der Waals surface area contributed by atoms with Gasteiger partial charge in [-0.05, 0) is 18.2 Å². The molecule has 7 heteroatoms. The Balaban J connectivity index is 2.94. The Labute approximate surface area is 109 Å². The summed E-state index contributed by atoms with van der Waals surface area (Å²) in [6, 6.07) is 4.33. The molecule has 0 unspecified atom stereocenters. The number of nitrogens with one attached hydrogen (secondary N) is 1. The van der Waals surface area contributed by atoms with E-state index in [0.29, 0.717) is 5.69 Å². The van der Waals surface area contributed by atoms with Crippen LogP contribution in [0, 0.1) is 0 Å². The fourth-order valence-electron chi connectivity index (χ4n) is 1.29. The summed E-state index contributed by atoms with van der Waals surface area (Å²) in [4.78, 5) is 11.9. The fraction of sp³-hybridized carbons (Fsp3) is 0.364.